The van der Waals surface area contributed by atoms with Crippen LogP contribution in [0.25, 0.3) is 0 Å². The van der Waals surface area contributed by atoms with Gasteiger partial charge in [-0.05, 0) is 19.9 Å². The maximum absolute atomic E-state index is 11.2. The summed E-state index contributed by atoms with van der Waals surface area (Å²) in [5, 5.41) is 0.872. The lowest BCUT2D eigenvalue weighted by Crippen LogP contribution is -2.34. The second-order valence-corrected chi connectivity index (χ2v) is 4.66. The van der Waals surface area contributed by atoms with Crippen LogP contribution in [0.3, 0.4) is 0 Å². The zero-order valence-electron chi connectivity index (χ0n) is 8.53. The summed E-state index contributed by atoms with van der Waals surface area (Å²) >= 11 is 1.44. The molecule has 0 aromatic carbocycles. The van der Waals surface area contributed by atoms with Gasteiger partial charge in [0.15, 0.2) is 10.8 Å². The van der Waals surface area contributed by atoms with Gasteiger partial charge in [0.1, 0.15) is 6.10 Å². The minimum Gasteiger partial charge on any atom is -0.477 e. The van der Waals surface area contributed by atoms with Crippen LogP contribution in [0.4, 0.5) is 5.69 Å². The first-order chi connectivity index (χ1) is 6.58. The Balaban J connectivity index is 2.40. The Morgan fingerprint density at radius 1 is 1.71 bits per heavy atom. The summed E-state index contributed by atoms with van der Waals surface area (Å²) in [6, 6.07) is 1.91. The summed E-state index contributed by atoms with van der Waals surface area (Å²) in [5.41, 5.74) is 1.04. The molecule has 2 heterocycles. The second kappa shape index (κ2) is 3.28. The minimum atomic E-state index is 0.106. The van der Waals surface area contributed by atoms with Crippen molar-refractivity contribution in [2.45, 2.75) is 20.0 Å². The van der Waals surface area contributed by atoms with Crippen LogP contribution in [-0.2, 0) is 0 Å². The van der Waals surface area contributed by atoms with Gasteiger partial charge in [-0.1, -0.05) is 11.3 Å². The molecule has 1 aliphatic heterocycles. The number of carbonyl (C=O) groups is 1. The lowest BCUT2D eigenvalue weighted by molar-refractivity contribution is 0.102. The zero-order chi connectivity index (χ0) is 10.3. The van der Waals surface area contributed by atoms with Gasteiger partial charge < -0.3 is 9.64 Å². The van der Waals surface area contributed by atoms with E-state index in [4.69, 9.17) is 4.74 Å². The minimum absolute atomic E-state index is 0.106. The van der Waals surface area contributed by atoms with Gasteiger partial charge in [0.05, 0.1) is 17.1 Å². The highest BCUT2D eigenvalue weighted by Crippen LogP contribution is 2.40. The molecule has 0 saturated heterocycles. The highest BCUT2D eigenvalue weighted by Gasteiger charge is 2.24. The summed E-state index contributed by atoms with van der Waals surface area (Å²) in [6.07, 6.45) is 0.200. The van der Waals surface area contributed by atoms with Crippen molar-refractivity contribution in [2.24, 2.45) is 0 Å². The third-order valence-electron chi connectivity index (χ3n) is 2.28. The Bertz CT molecular complexity index is 372. The predicted molar refractivity (Wildman–Crippen MR) is 57.7 cm³/mol. The highest BCUT2D eigenvalue weighted by atomic mass is 32.1. The summed E-state index contributed by atoms with van der Waals surface area (Å²) in [4.78, 5) is 14.1. The van der Waals surface area contributed by atoms with Gasteiger partial charge in [0.25, 0.3) is 0 Å². The Labute approximate surface area is 87.3 Å². The van der Waals surface area contributed by atoms with Gasteiger partial charge in [0.2, 0.25) is 0 Å². The van der Waals surface area contributed by atoms with Crippen molar-refractivity contribution in [1.82, 2.24) is 0 Å². The number of nitrogens with zero attached hydrogens (tertiary/aromatic N) is 1. The van der Waals surface area contributed by atoms with Crippen LogP contribution in [0.2, 0.25) is 0 Å². The van der Waals surface area contributed by atoms with E-state index in [-0.39, 0.29) is 11.9 Å². The molecule has 1 aromatic rings. The molecule has 0 N–H and O–H groups in total. The third kappa shape index (κ3) is 1.50. The molecule has 1 aliphatic rings. The van der Waals surface area contributed by atoms with Crippen molar-refractivity contribution >= 4 is 22.8 Å². The maximum atomic E-state index is 11.2. The SMILES string of the molecule is CC(=O)c1cc2c(s1)OC(C)CN2C. The molecule has 0 amide bonds. The number of Topliss-reactive ketones (excluding diaryl/α,β-unsaturated/α-hetero) is 1. The first-order valence-electron chi connectivity index (χ1n) is 4.60. The van der Waals surface area contributed by atoms with Gasteiger partial charge in [-0.25, -0.2) is 0 Å². The molecule has 1 atom stereocenters. The number of thiophene rings is 1. The quantitative estimate of drug-likeness (QED) is 0.667. The Morgan fingerprint density at radius 3 is 3.07 bits per heavy atom. The Morgan fingerprint density at radius 2 is 2.43 bits per heavy atom. The fourth-order valence-electron chi connectivity index (χ4n) is 1.59. The number of fused-ring (bicyclic) bond motifs is 1. The number of likely N-dealkylation sites (N-methyl/N-ethyl adjacent to an activating group) is 1. The van der Waals surface area contributed by atoms with Crippen LogP contribution in [0.5, 0.6) is 5.06 Å². The molecular weight excluding hydrogens is 198 g/mol. The van der Waals surface area contributed by atoms with E-state index < -0.39 is 0 Å². The Kier molecular flexibility index (Phi) is 2.23. The highest BCUT2D eigenvalue weighted by molar-refractivity contribution is 7.16. The normalized spacial score (nSPS) is 20.2. The van der Waals surface area contributed by atoms with E-state index in [9.17, 15) is 4.79 Å². The van der Waals surface area contributed by atoms with E-state index in [0.717, 1.165) is 22.2 Å². The maximum Gasteiger partial charge on any atom is 0.198 e. The molecule has 1 aromatic heterocycles. The van der Waals surface area contributed by atoms with Crippen molar-refractivity contribution in [3.8, 4) is 5.06 Å². The van der Waals surface area contributed by atoms with Crippen LogP contribution < -0.4 is 9.64 Å². The molecule has 14 heavy (non-hydrogen) atoms. The number of ether oxygens (including phenoxy) is 1. The molecule has 1 unspecified atom stereocenters. The molecule has 2 rings (SSSR count). The van der Waals surface area contributed by atoms with E-state index in [2.05, 4.69) is 4.90 Å². The zero-order valence-corrected chi connectivity index (χ0v) is 9.35. The lowest BCUT2D eigenvalue weighted by atomic mass is 10.2. The number of anilines is 1. The van der Waals surface area contributed by atoms with E-state index in [1.807, 2.05) is 20.0 Å². The van der Waals surface area contributed by atoms with Gasteiger partial charge >= 0.3 is 0 Å². The molecule has 0 fully saturated rings. The first kappa shape index (κ1) is 9.52. The largest absolute Gasteiger partial charge is 0.477 e. The fraction of sp³-hybridized carbons (Fsp3) is 0.500. The summed E-state index contributed by atoms with van der Waals surface area (Å²) in [6.45, 7) is 4.49. The van der Waals surface area contributed by atoms with E-state index >= 15 is 0 Å². The van der Waals surface area contributed by atoms with Gasteiger partial charge in [0, 0.05) is 7.05 Å². The first-order valence-corrected chi connectivity index (χ1v) is 5.42. The van der Waals surface area contributed by atoms with Crippen LogP contribution in [0.1, 0.15) is 23.5 Å². The molecule has 0 spiro atoms. The van der Waals surface area contributed by atoms with Crippen LogP contribution >= 0.6 is 11.3 Å². The molecule has 0 aliphatic carbocycles. The molecular formula is C10H13NO2S. The summed E-state index contributed by atoms with van der Waals surface area (Å²) in [5.74, 6) is 0.106. The molecule has 76 valence electrons. The number of hydrogen-bond donors (Lipinski definition) is 0. The fourth-order valence-corrected chi connectivity index (χ4v) is 2.64. The van der Waals surface area contributed by atoms with Crippen molar-refractivity contribution in [1.29, 1.82) is 0 Å². The van der Waals surface area contributed by atoms with Crippen molar-refractivity contribution in [2.75, 3.05) is 18.5 Å². The third-order valence-corrected chi connectivity index (χ3v) is 3.39. The number of ketones is 1. The lowest BCUT2D eigenvalue weighted by Gasteiger charge is -2.29. The second-order valence-electron chi connectivity index (χ2n) is 3.65. The smallest absolute Gasteiger partial charge is 0.198 e. The van der Waals surface area contributed by atoms with E-state index in [0.29, 0.717) is 0 Å². The average Bonchev–Trinajstić information content (AvgIpc) is 2.47. The average molecular weight is 211 g/mol. The van der Waals surface area contributed by atoms with E-state index in [1.165, 1.54) is 11.3 Å². The monoisotopic (exact) mass is 211 g/mol. The number of hydrogen-bond acceptors (Lipinski definition) is 4. The topological polar surface area (TPSA) is 29.5 Å². The summed E-state index contributed by atoms with van der Waals surface area (Å²) < 4.78 is 5.66. The Hall–Kier alpha value is -1.03. The standard InChI is InChI=1S/C10H13NO2S/c1-6-5-11(3)8-4-9(7(2)12)14-10(8)13-6/h4,6H,5H2,1-3H3. The van der Waals surface area contributed by atoms with Gasteiger partial charge in [-0.3, -0.25) is 4.79 Å². The summed E-state index contributed by atoms with van der Waals surface area (Å²) in [7, 11) is 2.02. The molecule has 3 nitrogen and oxygen atoms in total. The van der Waals surface area contributed by atoms with Gasteiger partial charge in [-0.2, -0.15) is 0 Å². The van der Waals surface area contributed by atoms with E-state index in [1.54, 1.807) is 6.92 Å². The van der Waals surface area contributed by atoms with Gasteiger partial charge in [-0.15, -0.1) is 0 Å². The van der Waals surface area contributed by atoms with Crippen LogP contribution in [0.15, 0.2) is 6.07 Å². The van der Waals surface area contributed by atoms with Crippen LogP contribution in [-0.4, -0.2) is 25.5 Å². The van der Waals surface area contributed by atoms with Crippen molar-refractivity contribution in [3.05, 3.63) is 10.9 Å². The molecule has 0 saturated carbocycles. The number of rotatable bonds is 1. The van der Waals surface area contributed by atoms with Crippen molar-refractivity contribution in [3.63, 3.8) is 0 Å². The molecule has 0 radical (unpaired) electrons. The van der Waals surface area contributed by atoms with Crippen LogP contribution in [0, 0.1) is 0 Å². The molecule has 4 heteroatoms. The predicted octanol–water partition coefficient (Wildman–Crippen LogP) is 2.17. The van der Waals surface area contributed by atoms with Crippen molar-refractivity contribution < 1.29 is 9.53 Å². The molecule has 0 bridgehead atoms. The number of carbonyl (C=O) groups excluding carboxylic acids is 1.